The topological polar surface area (TPSA) is 65.5 Å². The number of nitrogens with zero attached hydrogens (tertiary/aromatic N) is 2. The zero-order valence-electron chi connectivity index (χ0n) is 15.0. The number of benzene rings is 1. The van der Waals surface area contributed by atoms with Gasteiger partial charge in [-0.25, -0.2) is 13.8 Å². The van der Waals surface area contributed by atoms with Gasteiger partial charge in [-0.3, -0.25) is 4.79 Å². The molecule has 1 aromatic heterocycles. The zero-order valence-corrected chi connectivity index (χ0v) is 15.0. The third-order valence-corrected chi connectivity index (χ3v) is 4.72. The molecule has 0 spiro atoms. The lowest BCUT2D eigenvalue weighted by atomic mass is 10.1. The van der Waals surface area contributed by atoms with Crippen molar-refractivity contribution in [3.05, 3.63) is 59.3 Å². The fourth-order valence-corrected chi connectivity index (χ4v) is 3.14. The van der Waals surface area contributed by atoms with Crippen LogP contribution in [-0.2, 0) is 0 Å². The first kappa shape index (κ1) is 19.2. The fraction of sp³-hybridized carbons (Fsp3) is 0.400. The molecule has 1 atom stereocenters. The van der Waals surface area contributed by atoms with E-state index in [9.17, 15) is 18.7 Å². The van der Waals surface area contributed by atoms with Gasteiger partial charge < -0.3 is 15.3 Å². The highest BCUT2D eigenvalue weighted by atomic mass is 19.2. The quantitative estimate of drug-likeness (QED) is 0.842. The minimum atomic E-state index is -1.13. The highest BCUT2D eigenvalue weighted by Crippen LogP contribution is 2.18. The normalized spacial score (nSPS) is 15.9. The number of amides is 1. The van der Waals surface area contributed by atoms with Gasteiger partial charge in [-0.15, -0.1) is 0 Å². The standard InChI is InChI=1S/C20H23F2N3O2/c21-16-7-5-14(11-17(16)22)18(26)13-24-20(27)15-6-8-19(23-12-15)25-9-3-1-2-4-10-25/h5-8,11-12,18,26H,1-4,9-10,13H2,(H,24,27). The van der Waals surface area contributed by atoms with Gasteiger partial charge in [-0.05, 0) is 42.7 Å². The van der Waals surface area contributed by atoms with Gasteiger partial charge in [0.05, 0.1) is 11.7 Å². The molecule has 1 aliphatic heterocycles. The second kappa shape index (κ2) is 8.90. The number of nitrogens with one attached hydrogen (secondary N) is 1. The molecule has 1 amide bonds. The number of rotatable bonds is 5. The molecule has 2 aromatic rings. The minimum absolute atomic E-state index is 0.113. The Morgan fingerprint density at radius 1 is 1.11 bits per heavy atom. The van der Waals surface area contributed by atoms with Gasteiger partial charge in [0.1, 0.15) is 5.82 Å². The smallest absolute Gasteiger partial charge is 0.252 e. The maximum Gasteiger partial charge on any atom is 0.252 e. The van der Waals surface area contributed by atoms with Crippen molar-refractivity contribution in [2.75, 3.05) is 24.5 Å². The summed E-state index contributed by atoms with van der Waals surface area (Å²) in [5, 5.41) is 12.6. The average molecular weight is 375 g/mol. The maximum atomic E-state index is 13.2. The first-order valence-corrected chi connectivity index (χ1v) is 9.17. The highest BCUT2D eigenvalue weighted by Gasteiger charge is 2.15. The minimum Gasteiger partial charge on any atom is -0.387 e. The molecule has 1 unspecified atom stereocenters. The van der Waals surface area contributed by atoms with Gasteiger partial charge in [0.15, 0.2) is 11.6 Å². The van der Waals surface area contributed by atoms with Crippen molar-refractivity contribution >= 4 is 11.7 Å². The van der Waals surface area contributed by atoms with Crippen LogP contribution in [0.5, 0.6) is 0 Å². The monoisotopic (exact) mass is 375 g/mol. The van der Waals surface area contributed by atoms with E-state index in [2.05, 4.69) is 15.2 Å². The van der Waals surface area contributed by atoms with Crippen LogP contribution >= 0.6 is 0 Å². The SMILES string of the molecule is O=C(NCC(O)c1ccc(F)c(F)c1)c1ccc(N2CCCCCC2)nc1. The first-order valence-electron chi connectivity index (χ1n) is 9.17. The average Bonchev–Trinajstić information content (AvgIpc) is 2.97. The molecular weight excluding hydrogens is 352 g/mol. The molecule has 3 rings (SSSR count). The van der Waals surface area contributed by atoms with Crippen LogP contribution in [0.15, 0.2) is 36.5 Å². The van der Waals surface area contributed by atoms with E-state index in [0.29, 0.717) is 5.56 Å². The third kappa shape index (κ3) is 5.01. The van der Waals surface area contributed by atoms with Crippen LogP contribution in [-0.4, -0.2) is 35.6 Å². The molecule has 0 bridgehead atoms. The molecule has 2 heterocycles. The van der Waals surface area contributed by atoms with E-state index < -0.39 is 17.7 Å². The van der Waals surface area contributed by atoms with E-state index in [4.69, 9.17) is 0 Å². The summed E-state index contributed by atoms with van der Waals surface area (Å²) in [5.41, 5.74) is 0.579. The predicted molar refractivity (Wildman–Crippen MR) is 98.6 cm³/mol. The summed E-state index contributed by atoms with van der Waals surface area (Å²) in [4.78, 5) is 18.8. The van der Waals surface area contributed by atoms with E-state index >= 15 is 0 Å². The van der Waals surface area contributed by atoms with Crippen LogP contribution in [0.1, 0.15) is 47.7 Å². The molecular formula is C20H23F2N3O2. The van der Waals surface area contributed by atoms with Gasteiger partial charge in [-0.1, -0.05) is 18.9 Å². The van der Waals surface area contributed by atoms with Crippen molar-refractivity contribution in [2.24, 2.45) is 0 Å². The number of carbonyl (C=O) groups is 1. The zero-order chi connectivity index (χ0) is 19.2. The Bertz CT molecular complexity index is 775. The Hall–Kier alpha value is -2.54. The number of aliphatic hydroxyl groups is 1. The molecule has 1 aliphatic rings. The Kier molecular flexibility index (Phi) is 6.34. The Morgan fingerprint density at radius 2 is 1.85 bits per heavy atom. The van der Waals surface area contributed by atoms with Crippen molar-refractivity contribution in [2.45, 2.75) is 31.8 Å². The number of anilines is 1. The highest BCUT2D eigenvalue weighted by molar-refractivity contribution is 5.94. The Labute approximate surface area is 157 Å². The molecule has 1 aromatic carbocycles. The fourth-order valence-electron chi connectivity index (χ4n) is 3.14. The summed E-state index contributed by atoms with van der Waals surface area (Å²) < 4.78 is 26.2. The Morgan fingerprint density at radius 3 is 2.48 bits per heavy atom. The van der Waals surface area contributed by atoms with Crippen LogP contribution in [0, 0.1) is 11.6 Å². The maximum absolute atomic E-state index is 13.2. The van der Waals surface area contributed by atoms with Crippen LogP contribution < -0.4 is 10.2 Å². The van der Waals surface area contributed by atoms with Gasteiger partial charge >= 0.3 is 0 Å². The van der Waals surface area contributed by atoms with Crippen molar-refractivity contribution in [1.29, 1.82) is 0 Å². The van der Waals surface area contributed by atoms with Gasteiger partial charge in [0, 0.05) is 25.8 Å². The van der Waals surface area contributed by atoms with Crippen molar-refractivity contribution in [3.8, 4) is 0 Å². The van der Waals surface area contributed by atoms with Crippen molar-refractivity contribution < 1.29 is 18.7 Å². The molecule has 144 valence electrons. The van der Waals surface area contributed by atoms with E-state index in [1.165, 1.54) is 25.1 Å². The largest absolute Gasteiger partial charge is 0.387 e. The molecule has 2 N–H and O–H groups in total. The molecule has 0 radical (unpaired) electrons. The van der Waals surface area contributed by atoms with Crippen molar-refractivity contribution in [1.82, 2.24) is 10.3 Å². The van der Waals surface area contributed by atoms with Crippen LogP contribution in [0.4, 0.5) is 14.6 Å². The number of halogens is 2. The summed E-state index contributed by atoms with van der Waals surface area (Å²) in [6.07, 6.45) is 5.14. The lowest BCUT2D eigenvalue weighted by Gasteiger charge is -2.21. The second-order valence-electron chi connectivity index (χ2n) is 6.71. The summed E-state index contributed by atoms with van der Waals surface area (Å²) >= 11 is 0. The van der Waals surface area contributed by atoms with Crippen LogP contribution in [0.2, 0.25) is 0 Å². The van der Waals surface area contributed by atoms with Gasteiger partial charge in [0.2, 0.25) is 0 Å². The number of aliphatic hydroxyl groups excluding tert-OH is 1. The number of hydrogen-bond acceptors (Lipinski definition) is 4. The van der Waals surface area contributed by atoms with E-state index in [1.54, 1.807) is 6.07 Å². The van der Waals surface area contributed by atoms with Gasteiger partial charge in [0.25, 0.3) is 5.91 Å². The number of aromatic nitrogens is 1. The molecule has 1 saturated heterocycles. The lowest BCUT2D eigenvalue weighted by molar-refractivity contribution is 0.0916. The summed E-state index contributed by atoms with van der Waals surface area (Å²) in [5.74, 6) is -1.54. The predicted octanol–water partition coefficient (Wildman–Crippen LogP) is 3.20. The molecule has 5 nitrogen and oxygen atoms in total. The number of pyridine rings is 1. The number of hydrogen-bond donors (Lipinski definition) is 2. The van der Waals surface area contributed by atoms with Crippen LogP contribution in [0.25, 0.3) is 0 Å². The molecule has 0 aliphatic carbocycles. The summed E-state index contributed by atoms with van der Waals surface area (Å²) in [7, 11) is 0. The first-order chi connectivity index (χ1) is 13.0. The van der Waals surface area contributed by atoms with Gasteiger partial charge in [-0.2, -0.15) is 0 Å². The lowest BCUT2D eigenvalue weighted by Crippen LogP contribution is -2.29. The summed E-state index contributed by atoms with van der Waals surface area (Å²) in [6, 6.07) is 6.68. The van der Waals surface area contributed by atoms with E-state index in [0.717, 1.165) is 43.9 Å². The van der Waals surface area contributed by atoms with E-state index in [-0.39, 0.29) is 18.0 Å². The molecule has 27 heavy (non-hydrogen) atoms. The second-order valence-corrected chi connectivity index (χ2v) is 6.71. The number of carbonyl (C=O) groups excluding carboxylic acids is 1. The third-order valence-electron chi connectivity index (χ3n) is 4.72. The summed E-state index contributed by atoms with van der Waals surface area (Å²) in [6.45, 7) is 1.83. The molecule has 7 heteroatoms. The van der Waals surface area contributed by atoms with E-state index in [1.807, 2.05) is 6.07 Å². The molecule has 0 saturated carbocycles. The van der Waals surface area contributed by atoms with Crippen LogP contribution in [0.3, 0.4) is 0 Å². The Balaban J connectivity index is 1.56. The van der Waals surface area contributed by atoms with Crippen molar-refractivity contribution in [3.63, 3.8) is 0 Å². The molecule has 1 fully saturated rings.